The van der Waals surface area contributed by atoms with Crippen molar-refractivity contribution < 1.29 is 9.90 Å². The Morgan fingerprint density at radius 3 is 2.81 bits per heavy atom. The van der Waals surface area contributed by atoms with E-state index in [1.54, 1.807) is 31.6 Å². The summed E-state index contributed by atoms with van der Waals surface area (Å²) in [5, 5.41) is 13.0. The molecule has 6 heteroatoms. The van der Waals surface area contributed by atoms with Gasteiger partial charge >= 0.3 is 5.97 Å². The van der Waals surface area contributed by atoms with Gasteiger partial charge in [-0.25, -0.2) is 4.79 Å². The Morgan fingerprint density at radius 1 is 1.56 bits per heavy atom. The first kappa shape index (κ1) is 10.2. The Labute approximate surface area is 91.3 Å². The van der Waals surface area contributed by atoms with Crippen molar-refractivity contribution >= 4 is 11.7 Å². The summed E-state index contributed by atoms with van der Waals surface area (Å²) in [6, 6.07) is 3.52. The van der Waals surface area contributed by atoms with Crippen molar-refractivity contribution in [3.05, 3.63) is 30.2 Å². The number of rotatable bonds is 2. The number of anilines is 1. The van der Waals surface area contributed by atoms with E-state index >= 15 is 0 Å². The number of nitrogen functional groups attached to an aromatic ring is 1. The van der Waals surface area contributed by atoms with Gasteiger partial charge in [-0.1, -0.05) is 0 Å². The molecule has 0 fully saturated rings. The van der Waals surface area contributed by atoms with Gasteiger partial charge in [-0.05, 0) is 12.1 Å². The van der Waals surface area contributed by atoms with E-state index in [0.717, 1.165) is 0 Å². The minimum atomic E-state index is -1.09. The van der Waals surface area contributed by atoms with E-state index in [2.05, 4.69) is 10.1 Å². The Hall–Kier alpha value is -2.37. The van der Waals surface area contributed by atoms with Crippen LogP contribution in [0.15, 0.2) is 24.5 Å². The quantitative estimate of drug-likeness (QED) is 0.776. The van der Waals surface area contributed by atoms with Gasteiger partial charge in [-0.3, -0.25) is 9.67 Å². The van der Waals surface area contributed by atoms with Crippen molar-refractivity contribution in [2.45, 2.75) is 0 Å². The van der Waals surface area contributed by atoms with Crippen LogP contribution in [0.25, 0.3) is 11.3 Å². The lowest BCUT2D eigenvalue weighted by Crippen LogP contribution is -2.07. The van der Waals surface area contributed by atoms with Crippen LogP contribution in [0, 0.1) is 0 Å². The van der Waals surface area contributed by atoms with Gasteiger partial charge in [0.2, 0.25) is 0 Å². The molecule has 2 rings (SSSR count). The first-order valence-corrected chi connectivity index (χ1v) is 4.57. The van der Waals surface area contributed by atoms with Crippen molar-refractivity contribution in [2.75, 3.05) is 5.73 Å². The van der Waals surface area contributed by atoms with Gasteiger partial charge in [-0.2, -0.15) is 5.10 Å². The van der Waals surface area contributed by atoms with E-state index in [1.165, 1.54) is 4.68 Å². The largest absolute Gasteiger partial charge is 0.476 e. The van der Waals surface area contributed by atoms with E-state index in [-0.39, 0.29) is 11.4 Å². The Bertz CT molecular complexity index is 533. The standard InChI is InChI=1S/C10H10N4O2/c1-14-9(10(15)16)7(11)8(13-14)6-3-2-4-12-5-6/h2-5H,11H2,1H3,(H,15,16). The molecule has 0 unspecified atom stereocenters. The zero-order chi connectivity index (χ0) is 11.7. The van der Waals surface area contributed by atoms with Crippen LogP contribution in [0.2, 0.25) is 0 Å². The number of hydrogen-bond acceptors (Lipinski definition) is 4. The van der Waals surface area contributed by atoms with Crippen LogP contribution in [0.3, 0.4) is 0 Å². The number of hydrogen-bond donors (Lipinski definition) is 2. The van der Waals surface area contributed by atoms with Gasteiger partial charge in [-0.15, -0.1) is 0 Å². The molecule has 0 spiro atoms. The molecule has 0 aliphatic carbocycles. The second-order valence-electron chi connectivity index (χ2n) is 3.28. The maximum absolute atomic E-state index is 10.9. The summed E-state index contributed by atoms with van der Waals surface area (Å²) in [7, 11) is 1.54. The number of carboxylic acids is 1. The Balaban J connectivity index is 2.61. The summed E-state index contributed by atoms with van der Waals surface area (Å²) < 4.78 is 1.25. The molecule has 0 atom stereocenters. The molecule has 0 saturated heterocycles. The molecule has 2 heterocycles. The molecule has 0 aliphatic heterocycles. The van der Waals surface area contributed by atoms with Crippen LogP contribution in [0.1, 0.15) is 10.5 Å². The highest BCUT2D eigenvalue weighted by Crippen LogP contribution is 2.26. The smallest absolute Gasteiger partial charge is 0.356 e. The van der Waals surface area contributed by atoms with Crippen molar-refractivity contribution in [3.8, 4) is 11.3 Å². The molecule has 6 nitrogen and oxygen atoms in total. The molecule has 2 aromatic heterocycles. The average molecular weight is 218 g/mol. The molecule has 0 bridgehead atoms. The fourth-order valence-electron chi connectivity index (χ4n) is 1.51. The number of carboxylic acid groups (broad SMARTS) is 1. The third kappa shape index (κ3) is 1.50. The minimum Gasteiger partial charge on any atom is -0.476 e. The van der Waals surface area contributed by atoms with Crippen LogP contribution in [-0.4, -0.2) is 25.8 Å². The summed E-state index contributed by atoms with van der Waals surface area (Å²) in [5.41, 5.74) is 7.02. The topological polar surface area (TPSA) is 94.0 Å². The van der Waals surface area contributed by atoms with Crippen LogP contribution in [0.5, 0.6) is 0 Å². The molecular formula is C10H10N4O2. The van der Waals surface area contributed by atoms with Gasteiger partial charge in [0.05, 0.1) is 5.69 Å². The lowest BCUT2D eigenvalue weighted by atomic mass is 10.1. The number of pyridine rings is 1. The lowest BCUT2D eigenvalue weighted by molar-refractivity contribution is 0.0686. The molecule has 0 radical (unpaired) electrons. The van der Waals surface area contributed by atoms with E-state index < -0.39 is 5.97 Å². The van der Waals surface area contributed by atoms with E-state index in [1.807, 2.05) is 0 Å². The first-order chi connectivity index (χ1) is 7.61. The molecule has 2 aromatic rings. The molecule has 0 aromatic carbocycles. The number of nitrogens with two attached hydrogens (primary N) is 1. The van der Waals surface area contributed by atoms with Crippen molar-refractivity contribution in [1.82, 2.24) is 14.8 Å². The number of aromatic carboxylic acids is 1. The molecule has 82 valence electrons. The lowest BCUT2D eigenvalue weighted by Gasteiger charge is -1.96. The van der Waals surface area contributed by atoms with Crippen LogP contribution < -0.4 is 5.73 Å². The van der Waals surface area contributed by atoms with Crippen molar-refractivity contribution in [3.63, 3.8) is 0 Å². The molecule has 0 amide bonds. The number of aryl methyl sites for hydroxylation is 1. The fourth-order valence-corrected chi connectivity index (χ4v) is 1.51. The average Bonchev–Trinajstić information content (AvgIpc) is 2.55. The van der Waals surface area contributed by atoms with Gasteiger partial charge in [0.1, 0.15) is 5.69 Å². The van der Waals surface area contributed by atoms with E-state index in [4.69, 9.17) is 10.8 Å². The SMILES string of the molecule is Cn1nc(-c2cccnc2)c(N)c1C(=O)O. The zero-order valence-corrected chi connectivity index (χ0v) is 8.58. The first-order valence-electron chi connectivity index (χ1n) is 4.57. The van der Waals surface area contributed by atoms with Crippen molar-refractivity contribution in [2.24, 2.45) is 7.05 Å². The predicted molar refractivity (Wildman–Crippen MR) is 57.8 cm³/mol. The number of carbonyl (C=O) groups is 1. The summed E-state index contributed by atoms with van der Waals surface area (Å²) >= 11 is 0. The van der Waals surface area contributed by atoms with Gasteiger partial charge in [0.15, 0.2) is 5.69 Å². The molecule has 0 saturated carbocycles. The molecule has 3 N–H and O–H groups in total. The van der Waals surface area contributed by atoms with Gasteiger partial charge < -0.3 is 10.8 Å². The second-order valence-corrected chi connectivity index (χ2v) is 3.28. The summed E-state index contributed by atoms with van der Waals surface area (Å²) in [6.07, 6.45) is 3.21. The summed E-state index contributed by atoms with van der Waals surface area (Å²) in [5.74, 6) is -1.09. The third-order valence-corrected chi connectivity index (χ3v) is 2.22. The maximum Gasteiger partial charge on any atom is 0.356 e. The minimum absolute atomic E-state index is 0.0150. The normalized spacial score (nSPS) is 10.3. The maximum atomic E-state index is 10.9. The summed E-state index contributed by atoms with van der Waals surface area (Å²) in [4.78, 5) is 14.9. The Morgan fingerprint density at radius 2 is 2.31 bits per heavy atom. The highest BCUT2D eigenvalue weighted by molar-refractivity contribution is 5.95. The number of aromatic nitrogens is 3. The highest BCUT2D eigenvalue weighted by Gasteiger charge is 2.19. The fraction of sp³-hybridized carbons (Fsp3) is 0.100. The van der Waals surface area contributed by atoms with Crippen LogP contribution in [-0.2, 0) is 7.05 Å². The van der Waals surface area contributed by atoms with Crippen LogP contribution in [0.4, 0.5) is 5.69 Å². The van der Waals surface area contributed by atoms with Gasteiger partial charge in [0.25, 0.3) is 0 Å². The summed E-state index contributed by atoms with van der Waals surface area (Å²) in [6.45, 7) is 0. The van der Waals surface area contributed by atoms with E-state index in [0.29, 0.717) is 11.3 Å². The predicted octanol–water partition coefficient (Wildman–Crippen LogP) is 0.762. The highest BCUT2D eigenvalue weighted by atomic mass is 16.4. The number of nitrogens with zero attached hydrogens (tertiary/aromatic N) is 3. The molecule has 16 heavy (non-hydrogen) atoms. The molecule has 0 aliphatic rings. The van der Waals surface area contributed by atoms with E-state index in [9.17, 15) is 4.79 Å². The monoisotopic (exact) mass is 218 g/mol. The van der Waals surface area contributed by atoms with Crippen molar-refractivity contribution in [1.29, 1.82) is 0 Å². The third-order valence-electron chi connectivity index (χ3n) is 2.22. The Kier molecular flexibility index (Phi) is 2.32. The zero-order valence-electron chi connectivity index (χ0n) is 8.58. The van der Waals surface area contributed by atoms with Crippen LogP contribution >= 0.6 is 0 Å². The molecular weight excluding hydrogens is 208 g/mol. The second kappa shape index (κ2) is 3.65. The van der Waals surface area contributed by atoms with Gasteiger partial charge in [0, 0.05) is 25.0 Å².